The van der Waals surface area contributed by atoms with Gasteiger partial charge in [-0.3, -0.25) is 14.9 Å². The number of aromatic nitrogens is 4. The van der Waals surface area contributed by atoms with Crippen LogP contribution in [0.1, 0.15) is 22.2 Å². The van der Waals surface area contributed by atoms with Crippen molar-refractivity contribution in [2.75, 3.05) is 12.4 Å². The molecule has 0 saturated heterocycles. The molecule has 0 aliphatic carbocycles. The Kier molecular flexibility index (Phi) is 4.35. The van der Waals surface area contributed by atoms with Gasteiger partial charge in [0.1, 0.15) is 11.7 Å². The molecule has 0 spiro atoms. The number of benzene rings is 1. The van der Waals surface area contributed by atoms with Crippen molar-refractivity contribution in [2.45, 2.75) is 6.04 Å². The predicted molar refractivity (Wildman–Crippen MR) is 94.8 cm³/mol. The van der Waals surface area contributed by atoms with Crippen molar-refractivity contribution in [1.82, 2.24) is 20.2 Å². The number of carbonyl (C=O) groups is 2. The molecule has 1 aliphatic rings. The molecule has 1 atom stereocenters. The zero-order valence-electron chi connectivity index (χ0n) is 14.8. The van der Waals surface area contributed by atoms with Crippen molar-refractivity contribution < 1.29 is 23.7 Å². The maximum atomic E-state index is 13.2. The minimum atomic E-state index is -1.03. The van der Waals surface area contributed by atoms with E-state index in [1.807, 2.05) is 0 Å². The number of fused-ring (bicyclic) bond motifs is 1. The van der Waals surface area contributed by atoms with Gasteiger partial charge in [-0.15, -0.1) is 0 Å². The fourth-order valence-electron chi connectivity index (χ4n) is 3.05. The fraction of sp³-hybridized carbons (Fsp3) is 0.118. The monoisotopic (exact) mass is 396 g/mol. The quantitative estimate of drug-likeness (QED) is 0.290. The second kappa shape index (κ2) is 6.99. The highest BCUT2D eigenvalue weighted by Crippen LogP contribution is 2.37. The molecule has 1 N–H and O–H groups in total. The second-order valence-electron chi connectivity index (χ2n) is 5.91. The van der Waals surface area contributed by atoms with E-state index in [1.54, 1.807) is 6.07 Å². The lowest BCUT2D eigenvalue weighted by atomic mass is 9.91. The van der Waals surface area contributed by atoms with E-state index in [-0.39, 0.29) is 28.7 Å². The lowest BCUT2D eigenvalue weighted by Gasteiger charge is -2.27. The number of furan rings is 1. The number of anilines is 1. The Balaban J connectivity index is 1.97. The molecular weight excluding hydrogens is 384 g/mol. The van der Waals surface area contributed by atoms with E-state index < -0.39 is 22.7 Å². The highest BCUT2D eigenvalue weighted by Gasteiger charge is 2.39. The molecule has 3 aromatic rings. The average molecular weight is 396 g/mol. The summed E-state index contributed by atoms with van der Waals surface area (Å²) in [5.41, 5.74) is -0.134. The number of carbonyl (C=O) groups excluding carboxylic acids is 2. The molecule has 0 bridgehead atoms. The van der Waals surface area contributed by atoms with Gasteiger partial charge in [-0.1, -0.05) is 17.2 Å². The number of nitro groups is 1. The number of tetrazole rings is 1. The molecule has 0 amide bonds. The number of allylic oxidation sites excluding steroid dienone is 1. The van der Waals surface area contributed by atoms with Gasteiger partial charge in [0, 0.05) is 12.1 Å². The van der Waals surface area contributed by atoms with Gasteiger partial charge in [0.05, 0.1) is 23.9 Å². The van der Waals surface area contributed by atoms with E-state index in [2.05, 4.69) is 20.8 Å². The van der Waals surface area contributed by atoms with Gasteiger partial charge < -0.3 is 14.5 Å². The van der Waals surface area contributed by atoms with Gasteiger partial charge in [0.2, 0.25) is 11.7 Å². The number of nitro benzene ring substituents is 1. The predicted octanol–water partition coefficient (Wildman–Crippen LogP) is 1.50. The minimum absolute atomic E-state index is 0.0323. The van der Waals surface area contributed by atoms with Crippen LogP contribution in [0.15, 0.2) is 58.3 Å². The van der Waals surface area contributed by atoms with Crippen LogP contribution in [-0.2, 0) is 9.53 Å². The van der Waals surface area contributed by atoms with E-state index in [9.17, 15) is 19.7 Å². The van der Waals surface area contributed by atoms with Crippen LogP contribution in [-0.4, -0.2) is 44.0 Å². The van der Waals surface area contributed by atoms with Gasteiger partial charge in [-0.25, -0.2) is 4.79 Å². The first-order chi connectivity index (χ1) is 14.0. The molecule has 0 fully saturated rings. The number of methoxy groups -OCH3 is 1. The molecule has 12 nitrogen and oxygen atoms in total. The summed E-state index contributed by atoms with van der Waals surface area (Å²) in [7, 11) is 1.16. The van der Waals surface area contributed by atoms with Crippen LogP contribution in [0.2, 0.25) is 0 Å². The Morgan fingerprint density at radius 1 is 1.31 bits per heavy atom. The number of Topliss-reactive ketones (excluding diaryl/α,β-unsaturated/α-hetero) is 1. The van der Waals surface area contributed by atoms with Gasteiger partial charge >= 0.3 is 5.97 Å². The Morgan fingerprint density at radius 2 is 2.14 bits per heavy atom. The standard InChI is InChI=1S/C17H12N6O6/c1-28-16(25)13-12(15(24)11-6-3-7-29-11)14(22-17(18-13)19-20-21-22)9-4-2-5-10(8-9)23(26)27/h2-8,14H,1H3,(H,18,19,21)/t14-/m0/s1. The summed E-state index contributed by atoms with van der Waals surface area (Å²) < 4.78 is 11.2. The van der Waals surface area contributed by atoms with Crippen molar-refractivity contribution >= 4 is 23.4 Å². The highest BCUT2D eigenvalue weighted by atomic mass is 16.6. The van der Waals surface area contributed by atoms with Crippen molar-refractivity contribution in [2.24, 2.45) is 0 Å². The molecule has 3 heterocycles. The van der Waals surface area contributed by atoms with Crippen LogP contribution in [0.4, 0.5) is 11.6 Å². The third-order valence-corrected chi connectivity index (χ3v) is 4.29. The molecule has 29 heavy (non-hydrogen) atoms. The number of hydrogen-bond donors (Lipinski definition) is 1. The second-order valence-corrected chi connectivity index (χ2v) is 5.91. The van der Waals surface area contributed by atoms with Gasteiger partial charge in [0.25, 0.3) is 5.69 Å². The molecule has 1 aliphatic heterocycles. The number of nitrogens with one attached hydrogen (secondary N) is 1. The summed E-state index contributed by atoms with van der Waals surface area (Å²) >= 11 is 0. The average Bonchev–Trinajstić information content (AvgIpc) is 3.43. The molecule has 146 valence electrons. The molecule has 2 aromatic heterocycles. The SMILES string of the molecule is COC(=O)C1=C(C(=O)c2ccco2)[C@H](c2cccc([N+](=O)[O-])c2)n2nnnc2N1. The van der Waals surface area contributed by atoms with Crippen LogP contribution < -0.4 is 5.32 Å². The van der Waals surface area contributed by atoms with E-state index >= 15 is 0 Å². The maximum absolute atomic E-state index is 13.2. The van der Waals surface area contributed by atoms with E-state index in [1.165, 1.54) is 41.3 Å². The Hall–Kier alpha value is -4.35. The lowest BCUT2D eigenvalue weighted by molar-refractivity contribution is -0.384. The zero-order chi connectivity index (χ0) is 20.5. The summed E-state index contributed by atoms with van der Waals surface area (Å²) in [5, 5.41) is 25.2. The molecule has 12 heteroatoms. The number of non-ortho nitro benzene ring substituents is 1. The Bertz CT molecular complexity index is 1150. The molecule has 0 unspecified atom stereocenters. The lowest BCUT2D eigenvalue weighted by Crippen LogP contribution is -2.32. The van der Waals surface area contributed by atoms with Gasteiger partial charge in [0.15, 0.2) is 5.76 Å². The highest BCUT2D eigenvalue weighted by molar-refractivity contribution is 6.13. The zero-order valence-corrected chi connectivity index (χ0v) is 14.8. The molecule has 1 aromatic carbocycles. The third kappa shape index (κ3) is 3.01. The summed E-state index contributed by atoms with van der Waals surface area (Å²) in [6.45, 7) is 0. The van der Waals surface area contributed by atoms with Gasteiger partial charge in [-0.05, 0) is 28.1 Å². The summed E-state index contributed by atoms with van der Waals surface area (Å²) in [4.78, 5) is 36.3. The first-order valence-electron chi connectivity index (χ1n) is 8.21. The summed E-state index contributed by atoms with van der Waals surface area (Å²) in [5.74, 6) is -1.42. The minimum Gasteiger partial charge on any atom is -0.464 e. The molecule has 0 radical (unpaired) electrons. The van der Waals surface area contributed by atoms with Crippen LogP contribution in [0, 0.1) is 10.1 Å². The number of esters is 1. The Labute approximate surface area is 161 Å². The van der Waals surface area contributed by atoms with Crippen molar-refractivity contribution in [1.29, 1.82) is 0 Å². The van der Waals surface area contributed by atoms with Crippen molar-refractivity contribution in [3.05, 3.63) is 75.4 Å². The summed E-state index contributed by atoms with van der Waals surface area (Å²) in [6.07, 6.45) is 1.31. The topological polar surface area (TPSA) is 155 Å². The molecule has 4 rings (SSSR count). The number of hydrogen-bond acceptors (Lipinski definition) is 10. The number of nitrogens with zero attached hydrogens (tertiary/aromatic N) is 5. The van der Waals surface area contributed by atoms with E-state index in [0.29, 0.717) is 5.56 Å². The first kappa shape index (κ1) is 18.0. The number of ketones is 1. The van der Waals surface area contributed by atoms with Crippen molar-refractivity contribution in [3.63, 3.8) is 0 Å². The molecule has 0 saturated carbocycles. The van der Waals surface area contributed by atoms with Crippen LogP contribution >= 0.6 is 0 Å². The largest absolute Gasteiger partial charge is 0.464 e. The summed E-state index contributed by atoms with van der Waals surface area (Å²) in [6, 6.07) is 7.55. The third-order valence-electron chi connectivity index (χ3n) is 4.29. The number of rotatable bonds is 5. The van der Waals surface area contributed by atoms with E-state index in [0.717, 1.165) is 7.11 Å². The van der Waals surface area contributed by atoms with Gasteiger partial charge in [-0.2, -0.15) is 4.68 Å². The maximum Gasteiger partial charge on any atom is 0.355 e. The van der Waals surface area contributed by atoms with Crippen LogP contribution in [0.25, 0.3) is 0 Å². The Morgan fingerprint density at radius 3 is 2.83 bits per heavy atom. The van der Waals surface area contributed by atoms with Crippen LogP contribution in [0.3, 0.4) is 0 Å². The normalized spacial score (nSPS) is 15.4. The smallest absolute Gasteiger partial charge is 0.355 e. The number of ether oxygens (including phenoxy) is 1. The van der Waals surface area contributed by atoms with Crippen LogP contribution in [0.5, 0.6) is 0 Å². The van der Waals surface area contributed by atoms with Crippen molar-refractivity contribution in [3.8, 4) is 0 Å². The van der Waals surface area contributed by atoms with E-state index in [4.69, 9.17) is 9.15 Å². The molecular formula is C17H12N6O6. The first-order valence-corrected chi connectivity index (χ1v) is 8.21. The fourth-order valence-corrected chi connectivity index (χ4v) is 3.05.